The maximum absolute atomic E-state index is 12.0. The van der Waals surface area contributed by atoms with E-state index in [4.69, 9.17) is 4.74 Å². The van der Waals surface area contributed by atoms with Crippen LogP contribution in [-0.2, 0) is 16.0 Å². The quantitative estimate of drug-likeness (QED) is 0.774. The maximum Gasteiger partial charge on any atom is 0.326 e. The smallest absolute Gasteiger partial charge is 0.326 e. The normalized spacial score (nSPS) is 11.8. The number of aliphatic carboxylic acids is 1. The van der Waals surface area contributed by atoms with Crippen LogP contribution in [-0.4, -0.2) is 29.6 Å². The Hall–Kier alpha value is -2.82. The minimum atomic E-state index is -1.07. The zero-order valence-corrected chi connectivity index (χ0v) is 14.4. The van der Waals surface area contributed by atoms with Gasteiger partial charge in [0.15, 0.2) is 6.61 Å². The average molecular weight is 341 g/mol. The molecule has 0 radical (unpaired) electrons. The monoisotopic (exact) mass is 341 g/mol. The van der Waals surface area contributed by atoms with Gasteiger partial charge in [-0.15, -0.1) is 0 Å². The molecule has 2 aromatic rings. The highest BCUT2D eigenvalue weighted by Gasteiger charge is 2.20. The highest BCUT2D eigenvalue weighted by atomic mass is 16.5. The lowest BCUT2D eigenvalue weighted by Gasteiger charge is -2.15. The summed E-state index contributed by atoms with van der Waals surface area (Å²) >= 11 is 0. The maximum atomic E-state index is 12.0. The number of amides is 1. The van der Waals surface area contributed by atoms with Crippen LogP contribution in [0, 0.1) is 0 Å². The largest absolute Gasteiger partial charge is 0.484 e. The molecule has 2 aromatic carbocycles. The van der Waals surface area contributed by atoms with Crippen molar-refractivity contribution in [3.63, 3.8) is 0 Å². The van der Waals surface area contributed by atoms with Gasteiger partial charge in [-0.2, -0.15) is 0 Å². The number of carbonyl (C=O) groups is 2. The van der Waals surface area contributed by atoms with Crippen LogP contribution in [0.1, 0.15) is 30.9 Å². The third-order valence-corrected chi connectivity index (χ3v) is 3.81. The van der Waals surface area contributed by atoms with Crippen molar-refractivity contribution in [1.82, 2.24) is 5.32 Å². The van der Waals surface area contributed by atoms with E-state index >= 15 is 0 Å². The Morgan fingerprint density at radius 2 is 1.80 bits per heavy atom. The van der Waals surface area contributed by atoms with Crippen molar-refractivity contribution in [3.05, 3.63) is 65.7 Å². The Balaban J connectivity index is 1.91. The number of benzene rings is 2. The van der Waals surface area contributed by atoms with Gasteiger partial charge in [-0.3, -0.25) is 4.79 Å². The number of hydrogen-bond acceptors (Lipinski definition) is 3. The molecule has 0 heterocycles. The summed E-state index contributed by atoms with van der Waals surface area (Å²) in [5.41, 5.74) is 1.96. The van der Waals surface area contributed by atoms with Gasteiger partial charge in [-0.05, 0) is 29.2 Å². The molecule has 0 aliphatic rings. The molecule has 25 heavy (non-hydrogen) atoms. The van der Waals surface area contributed by atoms with Crippen LogP contribution in [0.15, 0.2) is 54.6 Å². The van der Waals surface area contributed by atoms with E-state index in [9.17, 15) is 14.7 Å². The molecule has 0 spiro atoms. The lowest BCUT2D eigenvalue weighted by molar-refractivity contribution is -0.142. The second kappa shape index (κ2) is 8.87. The first kappa shape index (κ1) is 18.5. The number of rotatable bonds is 8. The van der Waals surface area contributed by atoms with Crippen LogP contribution in [0.2, 0.25) is 0 Å². The predicted octanol–water partition coefficient (Wildman–Crippen LogP) is 3.00. The highest BCUT2D eigenvalue weighted by Crippen LogP contribution is 2.20. The minimum Gasteiger partial charge on any atom is -0.484 e. The van der Waals surface area contributed by atoms with Gasteiger partial charge in [-0.1, -0.05) is 56.3 Å². The highest BCUT2D eigenvalue weighted by molar-refractivity contribution is 5.84. The molecule has 0 bridgehead atoms. The standard InChI is InChI=1S/C20H23NO4/c1-14(2)16-9-6-10-17(12-16)25-13-19(22)21-18(20(23)24)11-15-7-4-3-5-8-15/h3-10,12,14,18H,11,13H2,1-2H3,(H,21,22)(H,23,24). The summed E-state index contributed by atoms with van der Waals surface area (Å²) in [6.45, 7) is 3.93. The fraction of sp³-hybridized carbons (Fsp3) is 0.300. The number of carbonyl (C=O) groups excluding carboxylic acids is 1. The molecule has 5 nitrogen and oxygen atoms in total. The fourth-order valence-corrected chi connectivity index (χ4v) is 2.40. The van der Waals surface area contributed by atoms with E-state index in [-0.39, 0.29) is 13.0 Å². The average Bonchev–Trinajstić information content (AvgIpc) is 2.60. The lowest BCUT2D eigenvalue weighted by atomic mass is 10.0. The number of hydrogen-bond donors (Lipinski definition) is 2. The molecule has 0 aliphatic heterocycles. The summed E-state index contributed by atoms with van der Waals surface area (Å²) in [5.74, 6) is -0.576. The van der Waals surface area contributed by atoms with Crippen molar-refractivity contribution in [2.45, 2.75) is 32.2 Å². The van der Waals surface area contributed by atoms with E-state index in [1.807, 2.05) is 48.5 Å². The van der Waals surface area contributed by atoms with Gasteiger partial charge in [-0.25, -0.2) is 4.79 Å². The van der Waals surface area contributed by atoms with Gasteiger partial charge in [0.2, 0.25) is 0 Å². The number of carboxylic acid groups (broad SMARTS) is 1. The van der Waals surface area contributed by atoms with Crippen molar-refractivity contribution in [2.24, 2.45) is 0 Å². The van der Waals surface area contributed by atoms with E-state index in [1.165, 1.54) is 0 Å². The first-order valence-electron chi connectivity index (χ1n) is 8.24. The van der Waals surface area contributed by atoms with E-state index < -0.39 is 17.9 Å². The first-order chi connectivity index (χ1) is 12.0. The second-order valence-corrected chi connectivity index (χ2v) is 6.16. The van der Waals surface area contributed by atoms with Gasteiger partial charge >= 0.3 is 5.97 Å². The summed E-state index contributed by atoms with van der Waals surface area (Å²) in [4.78, 5) is 23.4. The third kappa shape index (κ3) is 5.95. The van der Waals surface area contributed by atoms with Crippen LogP contribution >= 0.6 is 0 Å². The molecule has 0 fully saturated rings. The molecule has 0 saturated carbocycles. The molecular formula is C20H23NO4. The Kier molecular flexibility index (Phi) is 6.57. The summed E-state index contributed by atoms with van der Waals surface area (Å²) in [6.07, 6.45) is 0.227. The van der Waals surface area contributed by atoms with Gasteiger partial charge in [0.1, 0.15) is 11.8 Å². The molecule has 2 rings (SSSR count). The minimum absolute atomic E-state index is 0.222. The van der Waals surface area contributed by atoms with E-state index in [2.05, 4.69) is 19.2 Å². The topological polar surface area (TPSA) is 75.6 Å². The first-order valence-corrected chi connectivity index (χ1v) is 8.24. The van der Waals surface area contributed by atoms with Crippen molar-refractivity contribution in [2.75, 3.05) is 6.61 Å². The number of carboxylic acids is 1. The molecule has 2 N–H and O–H groups in total. The Morgan fingerprint density at radius 1 is 1.08 bits per heavy atom. The number of ether oxygens (including phenoxy) is 1. The Morgan fingerprint density at radius 3 is 2.44 bits per heavy atom. The van der Waals surface area contributed by atoms with Crippen LogP contribution in [0.25, 0.3) is 0 Å². The van der Waals surface area contributed by atoms with E-state index in [0.29, 0.717) is 11.7 Å². The zero-order valence-electron chi connectivity index (χ0n) is 14.4. The Bertz CT molecular complexity index is 713. The summed E-state index contributed by atoms with van der Waals surface area (Å²) in [5, 5.41) is 11.8. The zero-order chi connectivity index (χ0) is 18.2. The summed E-state index contributed by atoms with van der Waals surface area (Å²) < 4.78 is 5.48. The molecule has 0 aliphatic carbocycles. The molecule has 1 atom stereocenters. The summed E-state index contributed by atoms with van der Waals surface area (Å²) in [7, 11) is 0. The molecule has 132 valence electrons. The number of nitrogens with one attached hydrogen (secondary N) is 1. The SMILES string of the molecule is CC(C)c1cccc(OCC(=O)NC(Cc2ccccc2)C(=O)O)c1. The van der Waals surface area contributed by atoms with Crippen LogP contribution in [0.3, 0.4) is 0 Å². The van der Waals surface area contributed by atoms with Crippen molar-refractivity contribution in [1.29, 1.82) is 0 Å². The van der Waals surface area contributed by atoms with Gasteiger partial charge < -0.3 is 15.2 Å². The van der Waals surface area contributed by atoms with Crippen LogP contribution < -0.4 is 10.1 Å². The molecular weight excluding hydrogens is 318 g/mol. The van der Waals surface area contributed by atoms with Gasteiger partial charge in [0, 0.05) is 6.42 Å². The third-order valence-electron chi connectivity index (χ3n) is 3.81. The van der Waals surface area contributed by atoms with Crippen molar-refractivity contribution < 1.29 is 19.4 Å². The lowest BCUT2D eigenvalue weighted by Crippen LogP contribution is -2.44. The van der Waals surface area contributed by atoms with Crippen molar-refractivity contribution >= 4 is 11.9 Å². The Labute approximate surface area is 147 Å². The van der Waals surface area contributed by atoms with Crippen molar-refractivity contribution in [3.8, 4) is 5.75 Å². The molecule has 0 aromatic heterocycles. The second-order valence-electron chi connectivity index (χ2n) is 6.16. The fourth-order valence-electron chi connectivity index (χ4n) is 2.40. The molecule has 1 unspecified atom stereocenters. The molecule has 5 heteroatoms. The van der Waals surface area contributed by atoms with Gasteiger partial charge in [0.25, 0.3) is 5.91 Å². The molecule has 0 saturated heterocycles. The summed E-state index contributed by atoms with van der Waals surface area (Å²) in [6, 6.07) is 15.7. The van der Waals surface area contributed by atoms with E-state index in [1.54, 1.807) is 6.07 Å². The molecule has 1 amide bonds. The van der Waals surface area contributed by atoms with Gasteiger partial charge in [0.05, 0.1) is 0 Å². The van der Waals surface area contributed by atoms with Crippen LogP contribution in [0.5, 0.6) is 5.75 Å². The predicted molar refractivity (Wildman–Crippen MR) is 95.7 cm³/mol. The van der Waals surface area contributed by atoms with Crippen LogP contribution in [0.4, 0.5) is 0 Å². The van der Waals surface area contributed by atoms with E-state index in [0.717, 1.165) is 11.1 Å².